The first kappa shape index (κ1) is 17.5. The second-order valence-electron chi connectivity index (χ2n) is 8.11. The summed E-state index contributed by atoms with van der Waals surface area (Å²) in [5, 5.41) is 10.2. The number of benzene rings is 1. The molecule has 1 saturated heterocycles. The van der Waals surface area contributed by atoms with Gasteiger partial charge in [-0.1, -0.05) is 24.6 Å². The maximum Gasteiger partial charge on any atom is 0.243 e. The standard InChI is InChI=1S/C22H27N5O/c1-16-14-17-8-4-5-9-18(17)27(16)15-21(28)25-13-7-10-19(25)22-24-23-20-11-3-2-6-12-26(20)22/h4-5,8-9,14,19H,2-3,6-7,10-13,15H2,1H3/t19-/m0/s1. The number of fused-ring (bicyclic) bond motifs is 2. The number of carbonyl (C=O) groups excluding carboxylic acids is 1. The number of aromatic nitrogens is 4. The van der Waals surface area contributed by atoms with Gasteiger partial charge in [-0.05, 0) is 50.1 Å². The predicted molar refractivity (Wildman–Crippen MR) is 108 cm³/mol. The molecule has 1 atom stereocenters. The Labute approximate surface area is 165 Å². The molecule has 0 spiro atoms. The van der Waals surface area contributed by atoms with Gasteiger partial charge in [-0.15, -0.1) is 10.2 Å². The zero-order valence-corrected chi connectivity index (χ0v) is 16.5. The molecule has 0 bridgehead atoms. The van der Waals surface area contributed by atoms with Crippen molar-refractivity contribution in [2.24, 2.45) is 0 Å². The molecule has 1 fully saturated rings. The molecule has 5 rings (SSSR count). The van der Waals surface area contributed by atoms with Crippen molar-refractivity contribution in [1.82, 2.24) is 24.2 Å². The Bertz CT molecular complexity index is 1020. The summed E-state index contributed by atoms with van der Waals surface area (Å²) in [5.74, 6) is 2.27. The third kappa shape index (κ3) is 2.91. The van der Waals surface area contributed by atoms with Crippen molar-refractivity contribution in [1.29, 1.82) is 0 Å². The Morgan fingerprint density at radius 3 is 2.93 bits per heavy atom. The first-order chi connectivity index (χ1) is 13.7. The van der Waals surface area contributed by atoms with Crippen LogP contribution in [0.5, 0.6) is 0 Å². The molecule has 0 aliphatic carbocycles. The molecule has 2 aliphatic heterocycles. The van der Waals surface area contributed by atoms with Crippen LogP contribution in [0.3, 0.4) is 0 Å². The van der Waals surface area contributed by atoms with Gasteiger partial charge in [0.05, 0.1) is 6.04 Å². The van der Waals surface area contributed by atoms with Gasteiger partial charge in [0, 0.05) is 30.7 Å². The van der Waals surface area contributed by atoms with Gasteiger partial charge in [0.15, 0.2) is 5.82 Å². The van der Waals surface area contributed by atoms with Gasteiger partial charge in [0.1, 0.15) is 12.4 Å². The summed E-state index contributed by atoms with van der Waals surface area (Å²) in [6, 6.07) is 10.5. The lowest BCUT2D eigenvalue weighted by Gasteiger charge is -2.25. The fraction of sp³-hybridized carbons (Fsp3) is 0.500. The SMILES string of the molecule is Cc1cc2ccccc2n1CC(=O)N1CCC[C@H]1c1nnc2n1CCCCC2. The first-order valence-electron chi connectivity index (χ1n) is 10.5. The molecule has 146 valence electrons. The Morgan fingerprint density at radius 1 is 1.11 bits per heavy atom. The van der Waals surface area contributed by atoms with E-state index in [0.717, 1.165) is 55.2 Å². The highest BCUT2D eigenvalue weighted by Crippen LogP contribution is 2.33. The average molecular weight is 377 g/mol. The van der Waals surface area contributed by atoms with Crippen LogP contribution < -0.4 is 0 Å². The maximum absolute atomic E-state index is 13.3. The van der Waals surface area contributed by atoms with E-state index in [4.69, 9.17) is 0 Å². The summed E-state index contributed by atoms with van der Waals surface area (Å²) >= 11 is 0. The molecule has 6 nitrogen and oxygen atoms in total. The summed E-state index contributed by atoms with van der Waals surface area (Å²) in [6.45, 7) is 4.26. The van der Waals surface area contributed by atoms with Crippen LogP contribution >= 0.6 is 0 Å². The molecule has 2 aromatic heterocycles. The second-order valence-corrected chi connectivity index (χ2v) is 8.11. The van der Waals surface area contributed by atoms with E-state index in [0.29, 0.717) is 6.54 Å². The normalized spacial score (nSPS) is 19.8. The monoisotopic (exact) mass is 377 g/mol. The van der Waals surface area contributed by atoms with Crippen molar-refractivity contribution in [3.05, 3.63) is 47.7 Å². The first-order valence-corrected chi connectivity index (χ1v) is 10.5. The fourth-order valence-electron chi connectivity index (χ4n) is 4.87. The van der Waals surface area contributed by atoms with Crippen LogP contribution in [-0.4, -0.2) is 36.7 Å². The van der Waals surface area contributed by atoms with E-state index in [1.54, 1.807) is 0 Å². The van der Waals surface area contributed by atoms with Crippen LogP contribution in [0.2, 0.25) is 0 Å². The van der Waals surface area contributed by atoms with E-state index in [9.17, 15) is 4.79 Å². The lowest BCUT2D eigenvalue weighted by Crippen LogP contribution is -2.34. The number of aryl methyl sites for hydroxylation is 2. The highest BCUT2D eigenvalue weighted by molar-refractivity contribution is 5.84. The van der Waals surface area contributed by atoms with Gasteiger partial charge < -0.3 is 14.0 Å². The lowest BCUT2D eigenvalue weighted by molar-refractivity contribution is -0.132. The molecule has 0 N–H and O–H groups in total. The molecular weight excluding hydrogens is 350 g/mol. The van der Waals surface area contributed by atoms with Crippen molar-refractivity contribution in [3.8, 4) is 0 Å². The highest BCUT2D eigenvalue weighted by atomic mass is 16.2. The number of amides is 1. The quantitative estimate of drug-likeness (QED) is 0.700. The molecular formula is C22H27N5O. The molecule has 0 unspecified atom stereocenters. The molecule has 1 amide bonds. The van der Waals surface area contributed by atoms with E-state index >= 15 is 0 Å². The molecule has 4 heterocycles. The zero-order valence-electron chi connectivity index (χ0n) is 16.5. The minimum absolute atomic E-state index is 0.0639. The smallest absolute Gasteiger partial charge is 0.243 e. The molecule has 2 aliphatic rings. The van der Waals surface area contributed by atoms with Crippen molar-refractivity contribution in [2.45, 2.75) is 64.6 Å². The minimum Gasteiger partial charge on any atom is -0.335 e. The second kappa shape index (κ2) is 7.08. The zero-order chi connectivity index (χ0) is 19.1. The summed E-state index contributed by atoms with van der Waals surface area (Å²) < 4.78 is 4.43. The number of para-hydroxylation sites is 1. The number of hydrogen-bond acceptors (Lipinski definition) is 3. The molecule has 0 radical (unpaired) electrons. The van der Waals surface area contributed by atoms with Gasteiger partial charge in [-0.3, -0.25) is 4.79 Å². The molecule has 0 saturated carbocycles. The van der Waals surface area contributed by atoms with Crippen molar-refractivity contribution < 1.29 is 4.79 Å². The molecule has 1 aromatic carbocycles. The van der Waals surface area contributed by atoms with Crippen molar-refractivity contribution in [2.75, 3.05) is 6.54 Å². The van der Waals surface area contributed by atoms with E-state index in [2.05, 4.69) is 44.5 Å². The van der Waals surface area contributed by atoms with Gasteiger partial charge in [-0.2, -0.15) is 0 Å². The van der Waals surface area contributed by atoms with Gasteiger partial charge in [-0.25, -0.2) is 0 Å². The third-order valence-corrected chi connectivity index (χ3v) is 6.32. The topological polar surface area (TPSA) is 56.0 Å². The highest BCUT2D eigenvalue weighted by Gasteiger charge is 2.34. The number of rotatable bonds is 3. The Balaban J connectivity index is 1.42. The third-order valence-electron chi connectivity index (χ3n) is 6.32. The lowest BCUT2D eigenvalue weighted by atomic mass is 10.2. The van der Waals surface area contributed by atoms with Crippen LogP contribution in [0.4, 0.5) is 0 Å². The van der Waals surface area contributed by atoms with Crippen LogP contribution in [0.15, 0.2) is 30.3 Å². The Kier molecular flexibility index (Phi) is 4.41. The molecule has 6 heteroatoms. The van der Waals surface area contributed by atoms with Crippen molar-refractivity contribution in [3.63, 3.8) is 0 Å². The predicted octanol–water partition coefficient (Wildman–Crippen LogP) is 3.63. The van der Waals surface area contributed by atoms with E-state index in [1.165, 1.54) is 24.6 Å². The summed E-state index contributed by atoms with van der Waals surface area (Å²) in [4.78, 5) is 15.3. The van der Waals surface area contributed by atoms with Crippen LogP contribution in [-0.2, 0) is 24.3 Å². The fourth-order valence-corrected chi connectivity index (χ4v) is 4.87. The van der Waals surface area contributed by atoms with Crippen LogP contribution in [0.25, 0.3) is 10.9 Å². The van der Waals surface area contributed by atoms with Crippen LogP contribution in [0, 0.1) is 6.92 Å². The average Bonchev–Trinajstić information content (AvgIpc) is 3.36. The largest absolute Gasteiger partial charge is 0.335 e. The molecule has 3 aromatic rings. The van der Waals surface area contributed by atoms with E-state index in [-0.39, 0.29) is 11.9 Å². The molecule has 28 heavy (non-hydrogen) atoms. The van der Waals surface area contributed by atoms with Gasteiger partial charge in [0.2, 0.25) is 5.91 Å². The van der Waals surface area contributed by atoms with E-state index < -0.39 is 0 Å². The Hall–Kier alpha value is -2.63. The number of likely N-dealkylation sites (tertiary alicyclic amines) is 1. The van der Waals surface area contributed by atoms with E-state index in [1.807, 2.05) is 17.0 Å². The Morgan fingerprint density at radius 2 is 2.00 bits per heavy atom. The van der Waals surface area contributed by atoms with Gasteiger partial charge >= 0.3 is 0 Å². The summed E-state index contributed by atoms with van der Waals surface area (Å²) in [5.41, 5.74) is 2.25. The van der Waals surface area contributed by atoms with Crippen molar-refractivity contribution >= 4 is 16.8 Å². The maximum atomic E-state index is 13.3. The van der Waals surface area contributed by atoms with Gasteiger partial charge in [0.25, 0.3) is 0 Å². The minimum atomic E-state index is 0.0639. The number of hydrogen-bond donors (Lipinski definition) is 0. The number of nitrogens with zero attached hydrogens (tertiary/aromatic N) is 5. The summed E-state index contributed by atoms with van der Waals surface area (Å²) in [6.07, 6.45) is 6.62. The summed E-state index contributed by atoms with van der Waals surface area (Å²) in [7, 11) is 0. The number of carbonyl (C=O) groups is 1. The van der Waals surface area contributed by atoms with Crippen LogP contribution in [0.1, 0.15) is 55.5 Å².